The molecule has 0 atom stereocenters. The third-order valence-corrected chi connectivity index (χ3v) is 3.95. The normalized spacial score (nSPS) is 10.8. The van der Waals surface area contributed by atoms with E-state index < -0.39 is 0 Å². The van der Waals surface area contributed by atoms with Crippen LogP contribution in [0.25, 0.3) is 22.4 Å². The molecule has 2 heterocycles. The van der Waals surface area contributed by atoms with E-state index in [9.17, 15) is 0 Å². The molecule has 0 saturated carbocycles. The van der Waals surface area contributed by atoms with Crippen LogP contribution in [0.1, 0.15) is 0 Å². The lowest BCUT2D eigenvalue weighted by atomic mass is 10.2. The maximum Gasteiger partial charge on any atom is 0.241 e. The molecule has 0 unspecified atom stereocenters. The van der Waals surface area contributed by atoms with E-state index in [1.54, 1.807) is 32.2 Å². The minimum Gasteiger partial charge on any atom is -0.496 e. The second kappa shape index (κ2) is 5.65. The molecule has 1 N–H and O–H groups in total. The van der Waals surface area contributed by atoms with Crippen molar-refractivity contribution < 1.29 is 9.47 Å². The van der Waals surface area contributed by atoms with Gasteiger partial charge in [-0.25, -0.2) is 9.97 Å². The Hall–Kier alpha value is -2.21. The lowest BCUT2D eigenvalue weighted by Crippen LogP contribution is -1.90. The van der Waals surface area contributed by atoms with Gasteiger partial charge in [-0.1, -0.05) is 0 Å². The molecule has 0 bridgehead atoms. The van der Waals surface area contributed by atoms with Crippen molar-refractivity contribution in [3.05, 3.63) is 30.5 Å². The van der Waals surface area contributed by atoms with Crippen LogP contribution in [0, 0.1) is 0 Å². The number of hydrogen-bond acceptors (Lipinski definition) is 5. The molecule has 5 nitrogen and oxygen atoms in total. The van der Waals surface area contributed by atoms with Crippen LogP contribution in [0.5, 0.6) is 11.6 Å². The Morgan fingerprint density at radius 3 is 2.71 bits per heavy atom. The van der Waals surface area contributed by atoms with E-state index in [4.69, 9.17) is 9.47 Å². The van der Waals surface area contributed by atoms with E-state index in [0.29, 0.717) is 11.4 Å². The molecule has 3 rings (SSSR count). The van der Waals surface area contributed by atoms with Crippen LogP contribution in [0.4, 0.5) is 0 Å². The molecule has 0 aliphatic rings. The zero-order chi connectivity index (χ0) is 14.8. The van der Waals surface area contributed by atoms with Crippen LogP contribution in [0.15, 0.2) is 35.4 Å². The third kappa shape index (κ3) is 2.42. The highest BCUT2D eigenvalue weighted by Crippen LogP contribution is 2.33. The molecule has 21 heavy (non-hydrogen) atoms. The molecule has 0 spiro atoms. The predicted octanol–water partition coefficient (Wildman–Crippen LogP) is 3.36. The van der Waals surface area contributed by atoms with Crippen molar-refractivity contribution in [1.82, 2.24) is 15.0 Å². The summed E-state index contributed by atoms with van der Waals surface area (Å²) in [4.78, 5) is 13.2. The van der Waals surface area contributed by atoms with Gasteiger partial charge in [0.1, 0.15) is 11.6 Å². The highest BCUT2D eigenvalue weighted by atomic mass is 32.2. The number of thioether (sulfide) groups is 1. The summed E-state index contributed by atoms with van der Waals surface area (Å²) in [6.07, 6.45) is 3.73. The Labute approximate surface area is 126 Å². The summed E-state index contributed by atoms with van der Waals surface area (Å²) in [5.41, 5.74) is 2.51. The Bertz CT molecular complexity index is 786. The standard InChI is InChI=1S/C15H15N3O2S/c1-19-12-8-9(21-3)4-5-10(12)14-17-11-6-7-16-15(20-2)13(11)18-14/h4-8H,1-3H3,(H,17,18). The number of aromatic amines is 1. The molecule has 6 heteroatoms. The largest absolute Gasteiger partial charge is 0.496 e. The first kappa shape index (κ1) is 13.8. The first-order chi connectivity index (χ1) is 10.3. The Morgan fingerprint density at radius 1 is 1.14 bits per heavy atom. The quantitative estimate of drug-likeness (QED) is 0.749. The summed E-state index contributed by atoms with van der Waals surface area (Å²) in [6, 6.07) is 7.92. The molecular formula is C15H15N3O2S. The summed E-state index contributed by atoms with van der Waals surface area (Å²) in [5, 5.41) is 0. The van der Waals surface area contributed by atoms with Gasteiger partial charge >= 0.3 is 0 Å². The smallest absolute Gasteiger partial charge is 0.241 e. The second-order valence-electron chi connectivity index (χ2n) is 4.37. The monoisotopic (exact) mass is 301 g/mol. The summed E-state index contributed by atoms with van der Waals surface area (Å²) < 4.78 is 10.7. The predicted molar refractivity (Wildman–Crippen MR) is 84.2 cm³/mol. The van der Waals surface area contributed by atoms with Crippen molar-refractivity contribution >= 4 is 22.8 Å². The van der Waals surface area contributed by atoms with Crippen molar-refractivity contribution in [3.8, 4) is 23.0 Å². The number of methoxy groups -OCH3 is 2. The number of hydrogen-bond donors (Lipinski definition) is 1. The number of H-pyrrole nitrogens is 1. The van der Waals surface area contributed by atoms with Gasteiger partial charge in [-0.2, -0.15) is 0 Å². The van der Waals surface area contributed by atoms with Gasteiger partial charge in [0, 0.05) is 11.1 Å². The molecule has 3 aromatic rings. The number of nitrogens with zero attached hydrogens (tertiary/aromatic N) is 2. The van der Waals surface area contributed by atoms with Crippen molar-refractivity contribution in [2.24, 2.45) is 0 Å². The van der Waals surface area contributed by atoms with Gasteiger partial charge in [0.2, 0.25) is 5.88 Å². The van der Waals surface area contributed by atoms with E-state index >= 15 is 0 Å². The summed E-state index contributed by atoms with van der Waals surface area (Å²) in [6.45, 7) is 0. The zero-order valence-electron chi connectivity index (χ0n) is 12.0. The third-order valence-electron chi connectivity index (χ3n) is 3.22. The molecule has 108 valence electrons. The van der Waals surface area contributed by atoms with E-state index in [2.05, 4.69) is 15.0 Å². The van der Waals surface area contributed by atoms with Crippen LogP contribution in [-0.4, -0.2) is 35.4 Å². The molecule has 0 aliphatic heterocycles. The van der Waals surface area contributed by atoms with Crippen LogP contribution in [0.3, 0.4) is 0 Å². The Morgan fingerprint density at radius 2 is 2.00 bits per heavy atom. The number of nitrogens with one attached hydrogen (secondary N) is 1. The highest BCUT2D eigenvalue weighted by molar-refractivity contribution is 7.98. The summed E-state index contributed by atoms with van der Waals surface area (Å²) in [5.74, 6) is 2.03. The van der Waals surface area contributed by atoms with E-state index in [1.165, 1.54) is 0 Å². The van der Waals surface area contributed by atoms with Crippen molar-refractivity contribution in [1.29, 1.82) is 0 Å². The van der Waals surface area contributed by atoms with Crippen LogP contribution in [-0.2, 0) is 0 Å². The molecule has 2 aromatic heterocycles. The topological polar surface area (TPSA) is 60.0 Å². The number of imidazole rings is 1. The number of fused-ring (bicyclic) bond motifs is 1. The first-order valence-corrected chi connectivity index (χ1v) is 7.60. The number of pyridine rings is 1. The van der Waals surface area contributed by atoms with E-state index in [-0.39, 0.29) is 0 Å². The highest BCUT2D eigenvalue weighted by Gasteiger charge is 2.14. The van der Waals surface area contributed by atoms with Gasteiger partial charge in [-0.15, -0.1) is 11.8 Å². The summed E-state index contributed by atoms with van der Waals surface area (Å²) in [7, 11) is 3.25. The van der Waals surface area contributed by atoms with Crippen molar-refractivity contribution in [2.45, 2.75) is 4.90 Å². The molecule has 0 fully saturated rings. The van der Waals surface area contributed by atoms with Crippen molar-refractivity contribution in [2.75, 3.05) is 20.5 Å². The minimum absolute atomic E-state index is 0.509. The molecule has 0 amide bonds. The fraction of sp³-hybridized carbons (Fsp3) is 0.200. The number of aromatic nitrogens is 3. The molecule has 0 aliphatic carbocycles. The lowest BCUT2D eigenvalue weighted by Gasteiger charge is -2.07. The van der Waals surface area contributed by atoms with Gasteiger partial charge in [0.05, 0.1) is 25.3 Å². The Kier molecular flexibility index (Phi) is 3.70. The van der Waals surface area contributed by atoms with Crippen molar-refractivity contribution in [3.63, 3.8) is 0 Å². The molecule has 1 aromatic carbocycles. The average Bonchev–Trinajstić information content (AvgIpc) is 2.97. The van der Waals surface area contributed by atoms with Gasteiger partial charge in [-0.05, 0) is 30.5 Å². The molecule has 0 saturated heterocycles. The number of rotatable bonds is 4. The maximum atomic E-state index is 5.47. The zero-order valence-corrected chi connectivity index (χ0v) is 12.8. The van der Waals surface area contributed by atoms with E-state index in [1.807, 2.05) is 30.5 Å². The summed E-state index contributed by atoms with van der Waals surface area (Å²) >= 11 is 1.67. The first-order valence-electron chi connectivity index (χ1n) is 6.38. The minimum atomic E-state index is 0.509. The maximum absolute atomic E-state index is 5.47. The van der Waals surface area contributed by atoms with Gasteiger partial charge in [0.15, 0.2) is 5.52 Å². The molecular weight excluding hydrogens is 286 g/mol. The van der Waals surface area contributed by atoms with Gasteiger partial charge in [0.25, 0.3) is 0 Å². The fourth-order valence-corrected chi connectivity index (χ4v) is 2.61. The lowest BCUT2D eigenvalue weighted by molar-refractivity contribution is 0.402. The number of benzene rings is 1. The van der Waals surface area contributed by atoms with E-state index in [0.717, 1.165) is 27.5 Å². The van der Waals surface area contributed by atoms with Gasteiger partial charge < -0.3 is 14.5 Å². The van der Waals surface area contributed by atoms with Crippen LogP contribution in [0.2, 0.25) is 0 Å². The SMILES string of the molecule is COc1cc(SC)ccc1-c1nc2c(OC)nccc2[nH]1. The Balaban J connectivity index is 2.16. The second-order valence-corrected chi connectivity index (χ2v) is 5.25. The van der Waals surface area contributed by atoms with Crippen LogP contribution < -0.4 is 9.47 Å². The fourth-order valence-electron chi connectivity index (χ4n) is 2.18. The van der Waals surface area contributed by atoms with Crippen LogP contribution >= 0.6 is 11.8 Å². The number of ether oxygens (including phenoxy) is 2. The average molecular weight is 301 g/mol. The van der Waals surface area contributed by atoms with Gasteiger partial charge in [-0.3, -0.25) is 0 Å². The molecule has 0 radical (unpaired) electrons.